The summed E-state index contributed by atoms with van der Waals surface area (Å²) in [6.07, 6.45) is 6.39. The number of likely N-dealkylation sites (tertiary alicyclic amines) is 2. The molecular formula is C23H40IN5O2. The van der Waals surface area contributed by atoms with E-state index in [4.69, 9.17) is 9.47 Å². The molecule has 0 aliphatic carbocycles. The maximum atomic E-state index is 5.62. The molecule has 2 fully saturated rings. The molecule has 2 aliphatic heterocycles. The summed E-state index contributed by atoms with van der Waals surface area (Å²) >= 11 is 0. The molecule has 0 spiro atoms. The van der Waals surface area contributed by atoms with E-state index < -0.39 is 0 Å². The molecule has 1 aromatic rings. The highest BCUT2D eigenvalue weighted by molar-refractivity contribution is 14.0. The zero-order chi connectivity index (χ0) is 21.4. The van der Waals surface area contributed by atoms with Crippen LogP contribution in [-0.4, -0.2) is 81.8 Å². The lowest BCUT2D eigenvalue weighted by molar-refractivity contribution is 0.0174. The second-order valence-corrected chi connectivity index (χ2v) is 8.42. The average molecular weight is 546 g/mol. The third kappa shape index (κ3) is 6.86. The van der Waals surface area contributed by atoms with Crippen molar-refractivity contribution in [1.82, 2.24) is 15.1 Å². The molecule has 31 heavy (non-hydrogen) atoms. The van der Waals surface area contributed by atoms with E-state index in [1.807, 2.05) is 32.2 Å². The number of hydrogen-bond donors (Lipinski definition) is 2. The van der Waals surface area contributed by atoms with Gasteiger partial charge in [0.05, 0.1) is 13.7 Å². The van der Waals surface area contributed by atoms with Gasteiger partial charge >= 0.3 is 0 Å². The van der Waals surface area contributed by atoms with Crippen molar-refractivity contribution < 1.29 is 9.47 Å². The van der Waals surface area contributed by atoms with Gasteiger partial charge < -0.3 is 25.0 Å². The number of rotatable bonds is 7. The molecule has 3 rings (SSSR count). The van der Waals surface area contributed by atoms with Crippen molar-refractivity contribution in [3.8, 4) is 11.5 Å². The predicted molar refractivity (Wildman–Crippen MR) is 139 cm³/mol. The van der Waals surface area contributed by atoms with Gasteiger partial charge in [0.15, 0.2) is 17.5 Å². The number of nitrogens with zero attached hydrogens (tertiary/aromatic N) is 3. The number of guanidine groups is 1. The van der Waals surface area contributed by atoms with Gasteiger partial charge in [-0.25, -0.2) is 0 Å². The Balaban J connectivity index is 0.00000341. The summed E-state index contributed by atoms with van der Waals surface area (Å²) in [4.78, 5) is 9.65. The lowest BCUT2D eigenvalue weighted by atomic mass is 9.84. The quantitative estimate of drug-likeness (QED) is 0.310. The summed E-state index contributed by atoms with van der Waals surface area (Å²) in [5.74, 6) is 2.26. The SMILES string of the molecule is CCOc1ccc(NC(=NC)NCC2(N3CCCCC3)CCN(C)CC2)cc1OC.I. The van der Waals surface area contributed by atoms with E-state index >= 15 is 0 Å². The van der Waals surface area contributed by atoms with Crippen LogP contribution in [0.25, 0.3) is 0 Å². The normalized spacial score (nSPS) is 19.9. The molecule has 0 bridgehead atoms. The fourth-order valence-corrected chi connectivity index (χ4v) is 4.59. The summed E-state index contributed by atoms with van der Waals surface area (Å²) in [5, 5.41) is 7.04. The van der Waals surface area contributed by atoms with E-state index in [0.29, 0.717) is 6.61 Å². The minimum atomic E-state index is 0. The molecule has 2 saturated heterocycles. The Morgan fingerprint density at radius 3 is 2.42 bits per heavy atom. The van der Waals surface area contributed by atoms with Crippen LogP contribution in [0.2, 0.25) is 0 Å². The molecule has 1 aromatic carbocycles. The Morgan fingerprint density at radius 2 is 1.81 bits per heavy atom. The number of nitrogens with one attached hydrogen (secondary N) is 2. The molecule has 7 nitrogen and oxygen atoms in total. The molecule has 0 saturated carbocycles. The van der Waals surface area contributed by atoms with Gasteiger partial charge in [-0.2, -0.15) is 0 Å². The first kappa shape index (κ1) is 26.0. The van der Waals surface area contributed by atoms with Crippen molar-refractivity contribution in [2.75, 3.05) is 65.9 Å². The number of methoxy groups -OCH3 is 1. The summed E-state index contributed by atoms with van der Waals surface area (Å²) in [7, 11) is 5.72. The zero-order valence-corrected chi connectivity index (χ0v) is 21.9. The molecule has 0 atom stereocenters. The lowest BCUT2D eigenvalue weighted by Gasteiger charge is -2.50. The van der Waals surface area contributed by atoms with Crippen LogP contribution < -0.4 is 20.1 Å². The average Bonchev–Trinajstić information content (AvgIpc) is 2.79. The van der Waals surface area contributed by atoms with E-state index in [0.717, 1.165) is 42.8 Å². The van der Waals surface area contributed by atoms with Crippen LogP contribution in [0.4, 0.5) is 5.69 Å². The van der Waals surface area contributed by atoms with E-state index in [-0.39, 0.29) is 29.5 Å². The monoisotopic (exact) mass is 545 g/mol. The number of anilines is 1. The second kappa shape index (κ2) is 12.7. The maximum absolute atomic E-state index is 5.62. The molecule has 0 amide bonds. The zero-order valence-electron chi connectivity index (χ0n) is 19.6. The number of ether oxygens (including phenoxy) is 2. The summed E-state index contributed by atoms with van der Waals surface area (Å²) in [6, 6.07) is 5.88. The van der Waals surface area contributed by atoms with Crippen molar-refractivity contribution >= 4 is 35.6 Å². The standard InChI is InChI=1S/C23H39N5O2.HI/c1-5-30-20-10-9-19(17-21(20)29-4)26-22(24-2)25-18-23(11-15-27(3)16-12-23)28-13-7-6-8-14-28;/h9-10,17H,5-8,11-16,18H2,1-4H3,(H2,24,25,26);1H. The van der Waals surface area contributed by atoms with Crippen LogP contribution in [0.3, 0.4) is 0 Å². The molecule has 0 aromatic heterocycles. The van der Waals surface area contributed by atoms with Crippen molar-refractivity contribution in [3.05, 3.63) is 18.2 Å². The molecule has 2 heterocycles. The van der Waals surface area contributed by atoms with Crippen molar-refractivity contribution in [1.29, 1.82) is 0 Å². The van der Waals surface area contributed by atoms with Gasteiger partial charge in [0.25, 0.3) is 0 Å². The third-order valence-electron chi connectivity index (χ3n) is 6.48. The molecule has 2 aliphatic rings. The van der Waals surface area contributed by atoms with Gasteiger partial charge in [-0.15, -0.1) is 24.0 Å². The van der Waals surface area contributed by atoms with Crippen molar-refractivity contribution in [2.24, 2.45) is 4.99 Å². The van der Waals surface area contributed by atoms with Gasteiger partial charge in [-0.3, -0.25) is 9.89 Å². The maximum Gasteiger partial charge on any atom is 0.195 e. The summed E-state index contributed by atoms with van der Waals surface area (Å²) < 4.78 is 11.1. The predicted octanol–water partition coefficient (Wildman–Crippen LogP) is 3.65. The Kier molecular flexibility index (Phi) is 10.6. The van der Waals surface area contributed by atoms with Crippen molar-refractivity contribution in [2.45, 2.75) is 44.6 Å². The fourth-order valence-electron chi connectivity index (χ4n) is 4.59. The molecule has 0 radical (unpaired) electrons. The second-order valence-electron chi connectivity index (χ2n) is 8.42. The molecular weight excluding hydrogens is 505 g/mol. The van der Waals surface area contributed by atoms with Gasteiger partial charge in [-0.1, -0.05) is 6.42 Å². The van der Waals surface area contributed by atoms with E-state index in [9.17, 15) is 0 Å². The summed E-state index contributed by atoms with van der Waals surface area (Å²) in [6.45, 7) is 8.23. The van der Waals surface area contributed by atoms with E-state index in [1.165, 1.54) is 45.2 Å². The number of piperidine rings is 2. The highest BCUT2D eigenvalue weighted by Gasteiger charge is 2.39. The first-order chi connectivity index (χ1) is 14.6. The van der Waals surface area contributed by atoms with Gasteiger partial charge in [0.1, 0.15) is 0 Å². The van der Waals surface area contributed by atoms with Gasteiger partial charge in [0, 0.05) is 30.9 Å². The fraction of sp³-hybridized carbons (Fsp3) is 0.696. The molecule has 2 N–H and O–H groups in total. The smallest absolute Gasteiger partial charge is 0.195 e. The van der Waals surface area contributed by atoms with Gasteiger partial charge in [-0.05, 0) is 78.0 Å². The lowest BCUT2D eigenvalue weighted by Crippen LogP contribution is -2.61. The van der Waals surface area contributed by atoms with Gasteiger partial charge in [0.2, 0.25) is 0 Å². The Labute approximate surface area is 205 Å². The van der Waals surface area contributed by atoms with Crippen molar-refractivity contribution in [3.63, 3.8) is 0 Å². The van der Waals surface area contributed by atoms with Crippen LogP contribution in [0.1, 0.15) is 39.0 Å². The molecule has 8 heteroatoms. The highest BCUT2D eigenvalue weighted by Crippen LogP contribution is 2.32. The van der Waals surface area contributed by atoms with E-state index in [2.05, 4.69) is 32.5 Å². The van der Waals surface area contributed by atoms with Crippen LogP contribution in [-0.2, 0) is 0 Å². The Bertz CT molecular complexity index is 701. The van der Waals surface area contributed by atoms with Crippen LogP contribution in [0, 0.1) is 0 Å². The van der Waals surface area contributed by atoms with Crippen LogP contribution >= 0.6 is 24.0 Å². The van der Waals surface area contributed by atoms with Crippen LogP contribution in [0.5, 0.6) is 11.5 Å². The molecule has 176 valence electrons. The highest BCUT2D eigenvalue weighted by atomic mass is 127. The Hall–Kier alpha value is -1.26. The number of hydrogen-bond acceptors (Lipinski definition) is 5. The first-order valence-corrected chi connectivity index (χ1v) is 11.3. The van der Waals surface area contributed by atoms with Crippen LogP contribution in [0.15, 0.2) is 23.2 Å². The topological polar surface area (TPSA) is 61.4 Å². The molecule has 0 unspecified atom stereocenters. The Morgan fingerprint density at radius 1 is 1.10 bits per heavy atom. The van der Waals surface area contributed by atoms with E-state index in [1.54, 1.807) is 7.11 Å². The largest absolute Gasteiger partial charge is 0.493 e. The minimum Gasteiger partial charge on any atom is -0.493 e. The number of benzene rings is 1. The number of halogens is 1. The minimum absolute atomic E-state index is 0. The number of aliphatic imine (C=N–C) groups is 1. The third-order valence-corrected chi connectivity index (χ3v) is 6.48. The summed E-state index contributed by atoms with van der Waals surface area (Å²) in [5.41, 5.74) is 1.14. The first-order valence-electron chi connectivity index (χ1n) is 11.3.